The van der Waals surface area contributed by atoms with E-state index in [1.54, 1.807) is 16.6 Å². The Morgan fingerprint density at radius 2 is 1.79 bits per heavy atom. The lowest BCUT2D eigenvalue weighted by atomic mass is 9.81. The largest absolute Gasteiger partial charge is 0.356 e. The number of piperidine rings is 1. The Morgan fingerprint density at radius 3 is 2.61 bits per heavy atom. The fourth-order valence-electron chi connectivity index (χ4n) is 6.82. The summed E-state index contributed by atoms with van der Waals surface area (Å²) in [7, 11) is -3.64. The Morgan fingerprint density at radius 1 is 0.974 bits per heavy atom. The highest BCUT2D eigenvalue weighted by Gasteiger charge is 2.47. The van der Waals surface area contributed by atoms with Gasteiger partial charge >= 0.3 is 0 Å². The fraction of sp³-hybridized carbons (Fsp3) is 0.467. The molecule has 1 atom stereocenters. The van der Waals surface area contributed by atoms with Crippen molar-refractivity contribution >= 4 is 32.5 Å². The van der Waals surface area contributed by atoms with Crippen LogP contribution in [0.5, 0.6) is 0 Å². The van der Waals surface area contributed by atoms with Gasteiger partial charge in [0.2, 0.25) is 15.9 Å². The van der Waals surface area contributed by atoms with Crippen LogP contribution in [0.2, 0.25) is 0 Å². The summed E-state index contributed by atoms with van der Waals surface area (Å²) in [4.78, 5) is 19.8. The first-order valence-corrected chi connectivity index (χ1v) is 15.4. The highest BCUT2D eigenvalue weighted by molar-refractivity contribution is 7.89. The van der Waals surface area contributed by atoms with E-state index in [2.05, 4.69) is 39.5 Å². The molecule has 2 aliphatic carbocycles. The number of fused-ring (bicyclic) bond motifs is 3. The second-order valence-corrected chi connectivity index (χ2v) is 13.5. The van der Waals surface area contributed by atoms with Crippen molar-refractivity contribution in [3.8, 4) is 0 Å². The van der Waals surface area contributed by atoms with Gasteiger partial charge in [0.1, 0.15) is 5.82 Å². The molecule has 1 aromatic heterocycles. The zero-order valence-electron chi connectivity index (χ0n) is 21.6. The first-order valence-electron chi connectivity index (χ1n) is 14.0. The van der Waals surface area contributed by atoms with E-state index < -0.39 is 10.0 Å². The SMILES string of the molecule is O=C(NC1CC1)C1CCN(c2nccc3ccc(S(=O)(=O)N4CCC5(CCc6ccccc65)C4)cc23)CC1. The van der Waals surface area contributed by atoms with Crippen molar-refractivity contribution < 1.29 is 13.2 Å². The molecule has 3 fully saturated rings. The summed E-state index contributed by atoms with van der Waals surface area (Å²) in [5.74, 6) is 1.03. The summed E-state index contributed by atoms with van der Waals surface area (Å²) in [5.41, 5.74) is 2.63. The summed E-state index contributed by atoms with van der Waals surface area (Å²) in [6, 6.07) is 16.3. The van der Waals surface area contributed by atoms with Crippen molar-refractivity contribution in [2.75, 3.05) is 31.1 Å². The Balaban J connectivity index is 1.13. The normalized spacial score (nSPS) is 24.3. The molecule has 1 unspecified atom stereocenters. The van der Waals surface area contributed by atoms with Gasteiger partial charge in [-0.2, -0.15) is 4.31 Å². The number of nitrogens with one attached hydrogen (secondary N) is 1. The molecule has 1 spiro atoms. The summed E-state index contributed by atoms with van der Waals surface area (Å²) in [6.07, 6.45) is 8.46. The zero-order valence-corrected chi connectivity index (χ0v) is 22.4. The number of hydrogen-bond acceptors (Lipinski definition) is 5. The monoisotopic (exact) mass is 530 g/mol. The van der Waals surface area contributed by atoms with Gasteiger partial charge in [-0.25, -0.2) is 13.4 Å². The summed E-state index contributed by atoms with van der Waals surface area (Å²) < 4.78 is 29.4. The third-order valence-corrected chi connectivity index (χ3v) is 11.1. The molecule has 1 amide bonds. The van der Waals surface area contributed by atoms with E-state index in [0.29, 0.717) is 24.0 Å². The van der Waals surface area contributed by atoms with Crippen LogP contribution >= 0.6 is 0 Å². The topological polar surface area (TPSA) is 82.6 Å². The molecule has 3 aromatic rings. The van der Waals surface area contributed by atoms with E-state index in [-0.39, 0.29) is 17.2 Å². The van der Waals surface area contributed by atoms with Crippen LogP contribution in [0.4, 0.5) is 5.82 Å². The molecule has 7 nitrogen and oxygen atoms in total. The van der Waals surface area contributed by atoms with E-state index >= 15 is 0 Å². The van der Waals surface area contributed by atoms with E-state index in [0.717, 1.165) is 74.6 Å². The molecule has 0 radical (unpaired) electrons. The number of nitrogens with zero attached hydrogens (tertiary/aromatic N) is 3. The second kappa shape index (κ2) is 9.06. The number of carbonyl (C=O) groups excluding carboxylic acids is 1. The minimum atomic E-state index is -3.64. The Kier molecular flexibility index (Phi) is 5.74. The van der Waals surface area contributed by atoms with Gasteiger partial charge in [-0.15, -0.1) is 0 Å². The molecule has 2 aromatic carbocycles. The number of rotatable bonds is 5. The molecular formula is C30H34N4O3S. The Bertz CT molecular complexity index is 1510. The molecular weight excluding hydrogens is 496 g/mol. The van der Waals surface area contributed by atoms with Crippen LogP contribution in [0.3, 0.4) is 0 Å². The molecule has 0 bridgehead atoms. The van der Waals surface area contributed by atoms with Crippen molar-refractivity contribution in [2.45, 2.75) is 61.3 Å². The molecule has 4 aliphatic rings. The van der Waals surface area contributed by atoms with Crippen molar-refractivity contribution in [3.05, 3.63) is 65.9 Å². The number of aromatic nitrogens is 1. The standard InChI is InChI=1S/C30H34N4O3S/c35-29(32-24-6-7-24)23-11-16-33(17-12-23)28-26-19-25(8-5-21(26)10-15-31-28)38(36,37)34-18-14-30(20-34)13-9-22-3-1-2-4-27(22)30/h1-5,8,10,15,19,23-24H,6-7,9,11-14,16-18,20H2,(H,32,35). The lowest BCUT2D eigenvalue weighted by Crippen LogP contribution is -2.41. The number of carbonyl (C=O) groups is 1. The van der Waals surface area contributed by atoms with Crippen molar-refractivity contribution in [1.82, 2.24) is 14.6 Å². The molecule has 2 aliphatic heterocycles. The highest BCUT2D eigenvalue weighted by Crippen LogP contribution is 2.46. The van der Waals surface area contributed by atoms with Gasteiger partial charge < -0.3 is 10.2 Å². The first-order chi connectivity index (χ1) is 18.4. The van der Waals surface area contributed by atoms with Gasteiger partial charge in [0.25, 0.3) is 0 Å². The van der Waals surface area contributed by atoms with Crippen LogP contribution in [-0.4, -0.2) is 55.8 Å². The van der Waals surface area contributed by atoms with Crippen LogP contribution in [0.15, 0.2) is 59.6 Å². The molecule has 2 saturated heterocycles. The predicted octanol–water partition coefficient (Wildman–Crippen LogP) is 4.01. The maximum absolute atomic E-state index is 13.9. The lowest BCUT2D eigenvalue weighted by Gasteiger charge is -2.33. The van der Waals surface area contributed by atoms with Gasteiger partial charge in [0, 0.05) is 55.1 Å². The Hall–Kier alpha value is -2.97. The van der Waals surface area contributed by atoms with E-state index in [9.17, 15) is 13.2 Å². The number of benzene rings is 2. The predicted molar refractivity (Wildman–Crippen MR) is 148 cm³/mol. The third-order valence-electron chi connectivity index (χ3n) is 9.22. The molecule has 38 heavy (non-hydrogen) atoms. The van der Waals surface area contributed by atoms with E-state index in [1.807, 2.05) is 18.2 Å². The molecule has 3 heterocycles. The van der Waals surface area contributed by atoms with Crippen LogP contribution in [-0.2, 0) is 26.7 Å². The van der Waals surface area contributed by atoms with Crippen molar-refractivity contribution in [2.24, 2.45) is 5.92 Å². The van der Waals surface area contributed by atoms with Crippen LogP contribution in [0.25, 0.3) is 10.8 Å². The van der Waals surface area contributed by atoms with Gasteiger partial charge in [-0.05, 0) is 79.7 Å². The zero-order chi connectivity index (χ0) is 25.9. The molecule has 7 rings (SSSR count). The minimum Gasteiger partial charge on any atom is -0.356 e. The van der Waals surface area contributed by atoms with Crippen molar-refractivity contribution in [1.29, 1.82) is 0 Å². The van der Waals surface area contributed by atoms with Crippen molar-refractivity contribution in [3.63, 3.8) is 0 Å². The number of pyridine rings is 1. The van der Waals surface area contributed by atoms with Crippen LogP contribution in [0.1, 0.15) is 49.7 Å². The smallest absolute Gasteiger partial charge is 0.243 e. The number of amides is 1. The fourth-order valence-corrected chi connectivity index (χ4v) is 8.38. The average molecular weight is 531 g/mol. The van der Waals surface area contributed by atoms with Gasteiger partial charge in [-0.1, -0.05) is 30.3 Å². The molecule has 8 heteroatoms. The number of hydrogen-bond donors (Lipinski definition) is 1. The lowest BCUT2D eigenvalue weighted by molar-refractivity contribution is -0.125. The summed E-state index contributed by atoms with van der Waals surface area (Å²) in [6.45, 7) is 2.56. The number of aryl methyl sites for hydroxylation is 1. The van der Waals surface area contributed by atoms with E-state index in [4.69, 9.17) is 0 Å². The van der Waals surface area contributed by atoms with Crippen LogP contribution < -0.4 is 10.2 Å². The van der Waals surface area contributed by atoms with Gasteiger partial charge in [-0.3, -0.25) is 4.79 Å². The number of anilines is 1. The van der Waals surface area contributed by atoms with Gasteiger partial charge in [0.05, 0.1) is 4.90 Å². The van der Waals surface area contributed by atoms with Gasteiger partial charge in [0.15, 0.2) is 0 Å². The second-order valence-electron chi connectivity index (χ2n) is 11.6. The third kappa shape index (κ3) is 4.09. The summed E-state index contributed by atoms with van der Waals surface area (Å²) >= 11 is 0. The molecule has 1 saturated carbocycles. The maximum atomic E-state index is 13.9. The maximum Gasteiger partial charge on any atom is 0.243 e. The summed E-state index contributed by atoms with van der Waals surface area (Å²) in [5, 5.41) is 4.97. The quantitative estimate of drug-likeness (QED) is 0.539. The van der Waals surface area contributed by atoms with Crippen LogP contribution in [0, 0.1) is 5.92 Å². The Labute approximate surface area is 224 Å². The average Bonchev–Trinajstić information content (AvgIpc) is 3.53. The first kappa shape index (κ1) is 24.1. The minimum absolute atomic E-state index is 0.0426. The highest BCUT2D eigenvalue weighted by atomic mass is 32.2. The molecule has 198 valence electrons. The molecule has 1 N–H and O–H groups in total. The van der Waals surface area contributed by atoms with E-state index in [1.165, 1.54) is 11.1 Å². The number of sulfonamides is 1.